The third kappa shape index (κ3) is 4.39. The van der Waals surface area contributed by atoms with E-state index in [2.05, 4.69) is 5.32 Å². The molecule has 1 rings (SSSR count). The molecule has 88 valence electrons. The molecule has 0 bridgehead atoms. The minimum absolute atomic E-state index is 0.184. The van der Waals surface area contributed by atoms with Gasteiger partial charge in [-0.3, -0.25) is 4.79 Å². The molecular formula is C11H14Cl2N2O. The van der Waals surface area contributed by atoms with Crippen LogP contribution in [0.5, 0.6) is 0 Å². The van der Waals surface area contributed by atoms with Gasteiger partial charge in [-0.05, 0) is 32.0 Å². The van der Waals surface area contributed by atoms with Gasteiger partial charge in [-0.15, -0.1) is 0 Å². The van der Waals surface area contributed by atoms with Crippen molar-refractivity contribution in [3.63, 3.8) is 0 Å². The first-order valence-corrected chi connectivity index (χ1v) is 5.57. The van der Waals surface area contributed by atoms with Gasteiger partial charge in [-0.1, -0.05) is 23.2 Å². The first kappa shape index (κ1) is 13.3. The number of nitrogens with two attached hydrogens (primary N) is 1. The van der Waals surface area contributed by atoms with Gasteiger partial charge in [0.2, 0.25) is 5.91 Å². The zero-order valence-corrected chi connectivity index (χ0v) is 10.7. The Bertz CT molecular complexity index is 399. The van der Waals surface area contributed by atoms with Crippen LogP contribution in [-0.2, 0) is 4.79 Å². The lowest BCUT2D eigenvalue weighted by Crippen LogP contribution is -2.36. The summed E-state index contributed by atoms with van der Waals surface area (Å²) in [6.07, 6.45) is 0.218. The molecule has 5 heteroatoms. The Hall–Kier alpha value is -0.770. The van der Waals surface area contributed by atoms with E-state index in [0.29, 0.717) is 15.7 Å². The van der Waals surface area contributed by atoms with Crippen molar-refractivity contribution < 1.29 is 4.79 Å². The fraction of sp³-hybridized carbons (Fsp3) is 0.364. The molecule has 0 fully saturated rings. The van der Waals surface area contributed by atoms with Crippen molar-refractivity contribution in [2.45, 2.75) is 25.8 Å². The maximum atomic E-state index is 11.6. The molecule has 0 atom stereocenters. The lowest BCUT2D eigenvalue weighted by molar-refractivity contribution is -0.117. The van der Waals surface area contributed by atoms with Gasteiger partial charge in [-0.2, -0.15) is 0 Å². The number of hydrogen-bond acceptors (Lipinski definition) is 2. The molecule has 3 nitrogen and oxygen atoms in total. The quantitative estimate of drug-likeness (QED) is 0.878. The molecule has 1 aromatic rings. The summed E-state index contributed by atoms with van der Waals surface area (Å²) in [6, 6.07) is 4.89. The highest BCUT2D eigenvalue weighted by molar-refractivity contribution is 6.35. The highest BCUT2D eigenvalue weighted by Crippen LogP contribution is 2.25. The SMILES string of the molecule is CC(C)(N)CC(=O)Nc1cc(Cl)ccc1Cl. The summed E-state index contributed by atoms with van der Waals surface area (Å²) in [5, 5.41) is 3.64. The van der Waals surface area contributed by atoms with E-state index in [9.17, 15) is 4.79 Å². The number of halogens is 2. The number of nitrogens with one attached hydrogen (secondary N) is 1. The van der Waals surface area contributed by atoms with Crippen molar-refractivity contribution in [1.29, 1.82) is 0 Å². The average molecular weight is 261 g/mol. The molecule has 0 unspecified atom stereocenters. The van der Waals surface area contributed by atoms with Gasteiger partial charge in [-0.25, -0.2) is 0 Å². The zero-order chi connectivity index (χ0) is 12.3. The van der Waals surface area contributed by atoms with E-state index in [0.717, 1.165) is 0 Å². The van der Waals surface area contributed by atoms with Crippen molar-refractivity contribution in [3.8, 4) is 0 Å². The average Bonchev–Trinajstić information content (AvgIpc) is 2.08. The standard InChI is InChI=1S/C11H14Cl2N2O/c1-11(2,14)6-10(16)15-9-5-7(12)3-4-8(9)13/h3-5H,6,14H2,1-2H3,(H,15,16). The molecule has 0 heterocycles. The van der Waals surface area contributed by atoms with Gasteiger partial charge in [0, 0.05) is 17.0 Å². The van der Waals surface area contributed by atoms with E-state index in [-0.39, 0.29) is 12.3 Å². The Morgan fingerprint density at radius 1 is 1.44 bits per heavy atom. The molecule has 0 aliphatic carbocycles. The van der Waals surface area contributed by atoms with Gasteiger partial charge >= 0.3 is 0 Å². The van der Waals surface area contributed by atoms with E-state index >= 15 is 0 Å². The molecule has 0 saturated heterocycles. The summed E-state index contributed by atoms with van der Waals surface area (Å²) < 4.78 is 0. The third-order valence-corrected chi connectivity index (χ3v) is 2.38. The number of carbonyl (C=O) groups is 1. The predicted octanol–water partition coefficient (Wildman–Crippen LogP) is 3.06. The van der Waals surface area contributed by atoms with E-state index in [1.165, 1.54) is 0 Å². The van der Waals surface area contributed by atoms with Gasteiger partial charge in [0.1, 0.15) is 0 Å². The van der Waals surface area contributed by atoms with Gasteiger partial charge in [0.05, 0.1) is 10.7 Å². The Morgan fingerprint density at radius 3 is 2.62 bits per heavy atom. The molecular weight excluding hydrogens is 247 g/mol. The van der Waals surface area contributed by atoms with Crippen molar-refractivity contribution >= 4 is 34.8 Å². The summed E-state index contributed by atoms with van der Waals surface area (Å²) in [4.78, 5) is 11.6. The van der Waals surface area contributed by atoms with Crippen LogP contribution in [0.2, 0.25) is 10.0 Å². The molecule has 1 aromatic carbocycles. The van der Waals surface area contributed by atoms with Crippen molar-refractivity contribution in [3.05, 3.63) is 28.2 Å². The second kappa shape index (κ2) is 5.04. The summed E-state index contributed by atoms with van der Waals surface area (Å²) in [6.45, 7) is 3.57. The third-order valence-electron chi connectivity index (χ3n) is 1.82. The lowest BCUT2D eigenvalue weighted by Gasteiger charge is -2.17. The maximum absolute atomic E-state index is 11.6. The Balaban J connectivity index is 2.73. The maximum Gasteiger partial charge on any atom is 0.226 e. The summed E-state index contributed by atoms with van der Waals surface area (Å²) in [7, 11) is 0. The molecule has 0 spiro atoms. The first-order chi connectivity index (χ1) is 7.28. The van der Waals surface area contributed by atoms with Crippen molar-refractivity contribution in [2.24, 2.45) is 5.73 Å². The van der Waals surface area contributed by atoms with Crippen LogP contribution < -0.4 is 11.1 Å². The predicted molar refractivity (Wildman–Crippen MR) is 68.0 cm³/mol. The number of benzene rings is 1. The highest BCUT2D eigenvalue weighted by Gasteiger charge is 2.17. The van der Waals surface area contributed by atoms with Crippen LogP contribution >= 0.6 is 23.2 Å². The molecule has 0 aliphatic rings. The van der Waals surface area contributed by atoms with Crippen LogP contribution in [0.15, 0.2) is 18.2 Å². The smallest absolute Gasteiger partial charge is 0.226 e. The minimum Gasteiger partial charge on any atom is -0.325 e. The number of rotatable bonds is 3. The highest BCUT2D eigenvalue weighted by atomic mass is 35.5. The van der Waals surface area contributed by atoms with Crippen LogP contribution in [0.1, 0.15) is 20.3 Å². The van der Waals surface area contributed by atoms with E-state index < -0.39 is 5.54 Å². The number of carbonyl (C=O) groups excluding carboxylic acids is 1. The minimum atomic E-state index is -0.546. The zero-order valence-electron chi connectivity index (χ0n) is 9.18. The van der Waals surface area contributed by atoms with E-state index in [4.69, 9.17) is 28.9 Å². The molecule has 0 aromatic heterocycles. The van der Waals surface area contributed by atoms with E-state index in [1.54, 1.807) is 32.0 Å². The van der Waals surface area contributed by atoms with Gasteiger partial charge in [0.15, 0.2) is 0 Å². The Labute approximate surface area is 105 Å². The van der Waals surface area contributed by atoms with Gasteiger partial charge in [0.25, 0.3) is 0 Å². The normalized spacial score (nSPS) is 11.3. The Morgan fingerprint density at radius 2 is 2.06 bits per heavy atom. The molecule has 0 saturated carbocycles. The summed E-state index contributed by atoms with van der Waals surface area (Å²) in [5.41, 5.74) is 5.69. The van der Waals surface area contributed by atoms with Crippen molar-refractivity contribution in [2.75, 3.05) is 5.32 Å². The van der Waals surface area contributed by atoms with Crippen LogP contribution in [-0.4, -0.2) is 11.4 Å². The summed E-state index contributed by atoms with van der Waals surface area (Å²) >= 11 is 11.7. The largest absolute Gasteiger partial charge is 0.325 e. The summed E-state index contributed by atoms with van der Waals surface area (Å²) in [5.74, 6) is -0.184. The topological polar surface area (TPSA) is 55.1 Å². The second-order valence-electron chi connectivity index (χ2n) is 4.34. The first-order valence-electron chi connectivity index (χ1n) is 4.82. The van der Waals surface area contributed by atoms with Crippen molar-refractivity contribution in [1.82, 2.24) is 0 Å². The van der Waals surface area contributed by atoms with E-state index in [1.807, 2.05) is 0 Å². The molecule has 0 aliphatic heterocycles. The number of anilines is 1. The molecule has 0 radical (unpaired) electrons. The molecule has 1 amide bonds. The van der Waals surface area contributed by atoms with Crippen LogP contribution in [0.25, 0.3) is 0 Å². The monoisotopic (exact) mass is 260 g/mol. The molecule has 3 N–H and O–H groups in total. The number of amides is 1. The van der Waals surface area contributed by atoms with Gasteiger partial charge < -0.3 is 11.1 Å². The fourth-order valence-electron chi connectivity index (χ4n) is 1.20. The lowest BCUT2D eigenvalue weighted by atomic mass is 10.0. The Kier molecular flexibility index (Phi) is 4.19. The van der Waals surface area contributed by atoms with Crippen LogP contribution in [0.4, 0.5) is 5.69 Å². The number of hydrogen-bond donors (Lipinski definition) is 2. The second-order valence-corrected chi connectivity index (χ2v) is 5.18. The van der Waals surface area contributed by atoms with Crippen LogP contribution in [0.3, 0.4) is 0 Å². The fourth-order valence-corrected chi connectivity index (χ4v) is 1.54. The molecule has 16 heavy (non-hydrogen) atoms. The van der Waals surface area contributed by atoms with Crippen LogP contribution in [0, 0.1) is 0 Å².